The van der Waals surface area contributed by atoms with Gasteiger partial charge in [-0.05, 0) is 19.1 Å². The van der Waals surface area contributed by atoms with Crippen LogP contribution in [0.1, 0.15) is 15.9 Å². The van der Waals surface area contributed by atoms with Crippen molar-refractivity contribution in [2.75, 3.05) is 47.5 Å². The number of hydrogen-bond acceptors (Lipinski definition) is 4. The minimum absolute atomic E-state index is 0.225. The van der Waals surface area contributed by atoms with E-state index in [9.17, 15) is 4.79 Å². The van der Waals surface area contributed by atoms with Crippen LogP contribution in [-0.2, 0) is 9.47 Å². The fourth-order valence-electron chi connectivity index (χ4n) is 1.68. The van der Waals surface area contributed by atoms with Crippen molar-refractivity contribution < 1.29 is 19.2 Å². The molecule has 0 aliphatic rings. The van der Waals surface area contributed by atoms with Crippen LogP contribution in [0.2, 0.25) is 0 Å². The number of quaternary nitrogens is 1. The van der Waals surface area contributed by atoms with Crippen LogP contribution in [0.5, 0.6) is 0 Å². The van der Waals surface area contributed by atoms with Gasteiger partial charge in [-0.3, -0.25) is 10.1 Å². The van der Waals surface area contributed by atoms with Crippen LogP contribution in [-0.4, -0.2) is 59.4 Å². The van der Waals surface area contributed by atoms with Crippen LogP contribution in [0.25, 0.3) is 0 Å². The van der Waals surface area contributed by atoms with E-state index >= 15 is 0 Å². The number of rotatable bonds is 7. The Bertz CT molecular complexity index is 501. The lowest BCUT2D eigenvalue weighted by Gasteiger charge is -2.11. The van der Waals surface area contributed by atoms with Crippen molar-refractivity contribution in [1.82, 2.24) is 5.32 Å². The number of carbonyl (C=O) groups excluding carboxylic acids is 1. The lowest BCUT2D eigenvalue weighted by molar-refractivity contribution is -0.856. The molecule has 1 aromatic carbocycles. The minimum atomic E-state index is -0.225. The second kappa shape index (κ2) is 9.92. The van der Waals surface area contributed by atoms with E-state index in [2.05, 4.69) is 10.3 Å². The third-order valence-electron chi connectivity index (χ3n) is 2.89. The normalized spacial score (nSPS) is 11.6. The Hall–Kier alpha value is -1.92. The molecule has 0 aliphatic carbocycles. The fraction of sp³-hybridized carbons (Fsp3) is 0.500. The van der Waals surface area contributed by atoms with E-state index in [1.807, 2.05) is 39.2 Å². The molecule has 0 aromatic heterocycles. The van der Waals surface area contributed by atoms with Crippen LogP contribution in [0.4, 0.5) is 0 Å². The van der Waals surface area contributed by atoms with Crippen molar-refractivity contribution in [2.45, 2.75) is 6.92 Å². The highest BCUT2D eigenvalue weighted by Crippen LogP contribution is 2.03. The predicted octanol–water partition coefficient (Wildman–Crippen LogP) is -0.112. The highest BCUT2D eigenvalue weighted by molar-refractivity contribution is 6.04. The number of likely N-dealkylation sites (N-methyl/N-ethyl adjacent to an activating group) is 1. The molecule has 0 saturated carbocycles. The topological polar surface area (TPSA) is 64.4 Å². The number of nitrogens with zero attached hydrogens (tertiary/aromatic N) is 1. The van der Waals surface area contributed by atoms with Gasteiger partial charge in [0.25, 0.3) is 11.9 Å². The maximum absolute atomic E-state index is 12.2. The van der Waals surface area contributed by atoms with Crippen LogP contribution < -0.4 is 10.2 Å². The molecule has 1 amide bonds. The lowest BCUT2D eigenvalue weighted by atomic mass is 10.1. The highest BCUT2D eigenvalue weighted by Gasteiger charge is 2.10. The molecule has 0 unspecified atom stereocenters. The maximum atomic E-state index is 12.2. The van der Waals surface area contributed by atoms with Gasteiger partial charge < -0.3 is 14.4 Å². The lowest BCUT2D eigenvalue weighted by Crippen LogP contribution is -3.06. The van der Waals surface area contributed by atoms with Gasteiger partial charge in [0.1, 0.15) is 6.61 Å². The molecule has 22 heavy (non-hydrogen) atoms. The molecule has 6 nitrogen and oxygen atoms in total. The Morgan fingerprint density at radius 3 is 2.73 bits per heavy atom. The zero-order valence-corrected chi connectivity index (χ0v) is 13.8. The molecule has 0 bridgehead atoms. The molecule has 6 heteroatoms. The van der Waals surface area contributed by atoms with Gasteiger partial charge in [0.15, 0.2) is 0 Å². The predicted molar refractivity (Wildman–Crippen MR) is 86.5 cm³/mol. The van der Waals surface area contributed by atoms with Crippen molar-refractivity contribution in [3.63, 3.8) is 0 Å². The van der Waals surface area contributed by atoms with E-state index in [0.29, 0.717) is 25.3 Å². The molecule has 0 atom stereocenters. The molecule has 0 fully saturated rings. The summed E-state index contributed by atoms with van der Waals surface area (Å²) in [5, 5.41) is 2.72. The average molecular weight is 308 g/mol. The zero-order chi connectivity index (χ0) is 16.4. The van der Waals surface area contributed by atoms with E-state index < -0.39 is 0 Å². The standard InChI is InChI=1S/C16H25N3O3/c1-13-6-5-7-14(12-13)15(20)18-16(22-11-10-21-4)17-8-9-19(2)3/h5-7,12H,8-11H2,1-4H3,(H,17,18,20)/p+1. The number of ether oxygens (including phenoxy) is 2. The Balaban J connectivity index is 2.67. The van der Waals surface area contributed by atoms with Crippen molar-refractivity contribution >= 4 is 11.9 Å². The van der Waals surface area contributed by atoms with Crippen LogP contribution in [0.3, 0.4) is 0 Å². The molecule has 0 spiro atoms. The average Bonchev–Trinajstić information content (AvgIpc) is 2.46. The number of aliphatic imine (C=N–C) groups is 1. The van der Waals surface area contributed by atoms with Gasteiger partial charge in [0.05, 0.1) is 33.8 Å². The van der Waals surface area contributed by atoms with Gasteiger partial charge in [-0.25, -0.2) is 4.99 Å². The summed E-state index contributed by atoms with van der Waals surface area (Å²) in [4.78, 5) is 17.8. The summed E-state index contributed by atoms with van der Waals surface area (Å²) >= 11 is 0. The first-order chi connectivity index (χ1) is 10.5. The van der Waals surface area contributed by atoms with E-state index in [0.717, 1.165) is 12.1 Å². The Morgan fingerprint density at radius 2 is 2.09 bits per heavy atom. The third kappa shape index (κ3) is 7.19. The molecular weight excluding hydrogens is 282 g/mol. The number of hydrogen-bond donors (Lipinski definition) is 2. The number of amides is 1. The van der Waals surface area contributed by atoms with Gasteiger partial charge >= 0.3 is 0 Å². The summed E-state index contributed by atoms with van der Waals surface area (Å²) in [6.45, 7) is 4.17. The van der Waals surface area contributed by atoms with Crippen molar-refractivity contribution in [3.8, 4) is 0 Å². The number of amidine groups is 1. The largest absolute Gasteiger partial charge is 0.463 e. The van der Waals surface area contributed by atoms with E-state index in [1.54, 1.807) is 13.2 Å². The summed E-state index contributed by atoms with van der Waals surface area (Å²) in [7, 11) is 5.69. The number of aryl methyl sites for hydroxylation is 1. The van der Waals surface area contributed by atoms with E-state index in [4.69, 9.17) is 9.47 Å². The molecule has 0 radical (unpaired) electrons. The third-order valence-corrected chi connectivity index (χ3v) is 2.89. The van der Waals surface area contributed by atoms with E-state index in [-0.39, 0.29) is 11.9 Å². The molecule has 2 N–H and O–H groups in total. The monoisotopic (exact) mass is 308 g/mol. The second-order valence-electron chi connectivity index (χ2n) is 5.31. The number of methoxy groups -OCH3 is 1. The Morgan fingerprint density at radius 1 is 1.32 bits per heavy atom. The minimum Gasteiger partial charge on any atom is -0.463 e. The van der Waals surface area contributed by atoms with Gasteiger partial charge in [0, 0.05) is 12.7 Å². The SMILES string of the molecule is COCCOC(=NCC[NH+](C)C)NC(=O)c1cccc(C)c1. The zero-order valence-electron chi connectivity index (χ0n) is 13.8. The van der Waals surface area contributed by atoms with Gasteiger partial charge in [-0.15, -0.1) is 0 Å². The summed E-state index contributed by atoms with van der Waals surface area (Å²) in [5.41, 5.74) is 1.61. The van der Waals surface area contributed by atoms with Crippen molar-refractivity contribution in [3.05, 3.63) is 35.4 Å². The Labute approximate surface area is 132 Å². The molecule has 0 heterocycles. The summed E-state index contributed by atoms with van der Waals surface area (Å²) in [6, 6.07) is 7.62. The maximum Gasteiger partial charge on any atom is 0.291 e. The van der Waals surface area contributed by atoms with Crippen LogP contribution in [0.15, 0.2) is 29.3 Å². The van der Waals surface area contributed by atoms with Crippen molar-refractivity contribution in [2.24, 2.45) is 4.99 Å². The van der Waals surface area contributed by atoms with Gasteiger partial charge in [-0.2, -0.15) is 0 Å². The molecular formula is C16H26N3O3+. The quantitative estimate of drug-likeness (QED) is 0.420. The first-order valence-electron chi connectivity index (χ1n) is 7.36. The molecule has 0 saturated heterocycles. The van der Waals surface area contributed by atoms with Gasteiger partial charge in [0.2, 0.25) is 0 Å². The number of nitrogens with one attached hydrogen (secondary N) is 2. The molecule has 1 rings (SSSR count). The summed E-state index contributed by atoms with van der Waals surface area (Å²) in [6.07, 6.45) is 0. The first-order valence-corrected chi connectivity index (χ1v) is 7.36. The summed E-state index contributed by atoms with van der Waals surface area (Å²) in [5.74, 6) is -0.225. The number of benzene rings is 1. The highest BCUT2D eigenvalue weighted by atomic mass is 16.5. The first kappa shape index (κ1) is 18.1. The van der Waals surface area contributed by atoms with Gasteiger partial charge in [-0.1, -0.05) is 17.7 Å². The Kier molecular flexibility index (Phi) is 8.17. The summed E-state index contributed by atoms with van der Waals surface area (Å²) < 4.78 is 10.4. The smallest absolute Gasteiger partial charge is 0.291 e. The fourth-order valence-corrected chi connectivity index (χ4v) is 1.68. The van der Waals surface area contributed by atoms with E-state index in [1.165, 1.54) is 4.90 Å². The second-order valence-corrected chi connectivity index (χ2v) is 5.31. The molecule has 122 valence electrons. The number of carbonyl (C=O) groups is 1. The molecule has 0 aliphatic heterocycles. The van der Waals surface area contributed by atoms with Crippen molar-refractivity contribution in [1.29, 1.82) is 0 Å². The van der Waals surface area contributed by atoms with Crippen LogP contribution >= 0.6 is 0 Å². The molecule has 1 aromatic rings. The van der Waals surface area contributed by atoms with Crippen LogP contribution in [0, 0.1) is 6.92 Å².